The third kappa shape index (κ3) is 540. The number of aliphatic hydroxyl groups excluding tert-OH is 1. The van der Waals surface area contributed by atoms with Crippen LogP contribution in [0.5, 0.6) is 0 Å². The molecular formula is C69H172N12O13. The van der Waals surface area contributed by atoms with Crippen LogP contribution in [0, 0.1) is 23.7 Å². The lowest BCUT2D eigenvalue weighted by atomic mass is 10.1. The lowest BCUT2D eigenvalue weighted by molar-refractivity contribution is -0.129. The van der Waals surface area contributed by atoms with Gasteiger partial charge in [-0.05, 0) is 137 Å². The Bertz CT molecular complexity index is 980. The Morgan fingerprint density at radius 3 is 0.521 bits per heavy atom. The molecule has 1 heterocycles. The third-order valence-electron chi connectivity index (χ3n) is 7.57. The molecule has 26 N–H and O–H groups in total. The predicted molar refractivity (Wildman–Crippen MR) is 423 cm³/mol. The van der Waals surface area contributed by atoms with E-state index in [-0.39, 0.29) is 30.5 Å². The van der Waals surface area contributed by atoms with Crippen molar-refractivity contribution >= 4 is 80.6 Å². The molecule has 0 radical (unpaired) electrons. The minimum Gasteiger partial charge on any atom is -0.394 e. The highest BCUT2D eigenvalue weighted by molar-refractivity contribution is 5.73. The number of carbonyl (C=O) groups is 12. The van der Waals surface area contributed by atoms with Crippen LogP contribution in [0.4, 0.5) is 0 Å². The molecule has 1 saturated heterocycles. The summed E-state index contributed by atoms with van der Waals surface area (Å²) in [4.78, 5) is 101. The molecule has 2 aromatic carbocycles. The van der Waals surface area contributed by atoms with E-state index in [0.717, 1.165) is 49.6 Å². The van der Waals surface area contributed by atoms with Crippen LogP contribution in [0.15, 0.2) is 60.7 Å². The first-order valence-electron chi connectivity index (χ1n) is 29.8. The van der Waals surface area contributed by atoms with Crippen molar-refractivity contribution in [2.45, 2.75) is 209 Å². The zero-order chi connectivity index (χ0) is 81.0. The number of hydrogen-bond acceptors (Lipinski definition) is 24. The molecule has 586 valence electrons. The SMILES string of the molecule is C=O.C=O.C=O.C=O.C=O.C=O.C=O.C=O.C=O.C=O.C=O.CC.CC.CC(=O)N1CCCCC1.CC(C)O.CCC(C)C.CCC(C)C.CCC(C)C.CCC(C)C.CCc1ccccc1.CCc1ccccc1.CN.CN.CN.CN.CN.CN.CN.CN.N.N.N. The van der Waals surface area contributed by atoms with Crippen LogP contribution < -0.4 is 64.3 Å². The minimum absolute atomic E-state index is 0. The Morgan fingerprint density at radius 1 is 0.340 bits per heavy atom. The van der Waals surface area contributed by atoms with Gasteiger partial charge >= 0.3 is 0 Å². The zero-order valence-corrected chi connectivity index (χ0v) is 67.3. The van der Waals surface area contributed by atoms with Gasteiger partial charge in [-0.3, -0.25) is 4.79 Å². The second kappa shape index (κ2) is 366. The predicted octanol–water partition coefficient (Wildman–Crippen LogP) is 11.2. The lowest BCUT2D eigenvalue weighted by Gasteiger charge is -2.24. The number of amides is 1. The highest BCUT2D eigenvalue weighted by Gasteiger charge is 2.11. The highest BCUT2D eigenvalue weighted by atomic mass is 16.3. The van der Waals surface area contributed by atoms with Crippen molar-refractivity contribution in [3.05, 3.63) is 71.8 Å². The number of likely N-dealkylation sites (tertiary alicyclic amines) is 1. The van der Waals surface area contributed by atoms with Crippen molar-refractivity contribution in [1.82, 2.24) is 23.4 Å². The van der Waals surface area contributed by atoms with Gasteiger partial charge in [-0.15, -0.1) is 0 Å². The van der Waals surface area contributed by atoms with Crippen LogP contribution in [-0.2, 0) is 70.4 Å². The van der Waals surface area contributed by atoms with Crippen molar-refractivity contribution in [1.29, 1.82) is 0 Å². The van der Waals surface area contributed by atoms with Crippen LogP contribution >= 0.6 is 0 Å². The maximum atomic E-state index is 10.7. The van der Waals surface area contributed by atoms with Crippen LogP contribution in [0.25, 0.3) is 0 Å². The molecule has 1 amide bonds. The number of aryl methyl sites for hydroxylation is 2. The molecule has 1 fully saturated rings. The molecule has 2 aromatic rings. The molecule has 0 unspecified atom stereocenters. The van der Waals surface area contributed by atoms with E-state index < -0.39 is 0 Å². The van der Waals surface area contributed by atoms with Crippen molar-refractivity contribution in [2.24, 2.45) is 69.5 Å². The van der Waals surface area contributed by atoms with Crippen molar-refractivity contribution < 1.29 is 62.6 Å². The minimum atomic E-state index is -0.167. The van der Waals surface area contributed by atoms with Crippen molar-refractivity contribution in [3.8, 4) is 0 Å². The van der Waals surface area contributed by atoms with E-state index in [1.165, 1.54) is 112 Å². The van der Waals surface area contributed by atoms with Gasteiger partial charge in [0.25, 0.3) is 0 Å². The van der Waals surface area contributed by atoms with E-state index in [1.807, 2.05) is 119 Å². The molecule has 0 aliphatic carbocycles. The molecule has 3 rings (SSSR count). The Labute approximate surface area is 584 Å². The maximum absolute atomic E-state index is 10.7. The first-order valence-corrected chi connectivity index (χ1v) is 29.8. The molecule has 1 aliphatic heterocycles. The van der Waals surface area contributed by atoms with Gasteiger partial charge in [0.05, 0.1) is 0 Å². The van der Waals surface area contributed by atoms with Gasteiger partial charge in [-0.1, -0.05) is 211 Å². The second-order valence-corrected chi connectivity index (χ2v) is 14.5. The fourth-order valence-corrected chi connectivity index (χ4v) is 2.64. The van der Waals surface area contributed by atoms with Crippen molar-refractivity contribution in [2.75, 3.05) is 69.5 Å². The van der Waals surface area contributed by atoms with Gasteiger partial charge in [0.1, 0.15) is 74.7 Å². The molecule has 25 nitrogen and oxygen atoms in total. The largest absolute Gasteiger partial charge is 0.394 e. The monoisotopic (exact) mass is 1380 g/mol. The average Bonchev–Trinajstić information content (AvgIpc) is 3.68. The van der Waals surface area contributed by atoms with Crippen LogP contribution in [-0.4, -0.2) is 166 Å². The highest BCUT2D eigenvalue weighted by Crippen LogP contribution is 2.07. The molecule has 0 saturated carbocycles. The molecular weight excluding hydrogens is 1200 g/mol. The number of piperidine rings is 1. The number of rotatable bonds is 6. The van der Waals surface area contributed by atoms with Gasteiger partial charge in [-0.2, -0.15) is 0 Å². The van der Waals surface area contributed by atoms with Crippen LogP contribution in [0.3, 0.4) is 0 Å². The standard InChI is InChI=1S/2C8H10.C7H13NO.4C5H12.C3H8O.2C2H6.8CH5N.11CH2O.3H3N/c2*1-2-8-6-4-3-5-7-8;1-7(9)8-5-3-2-4-6-8;4*1-4-5(2)3;1-3(2)4;21*1-2;;;/h2*3-7H,2H2,1H3;2-6H2,1H3;4*5H,4H2,1-3H3;3-4H,1-2H3;2*1-2H3;8*2H2,1H3;11*1H2;3*1H3. The summed E-state index contributed by atoms with van der Waals surface area (Å²) < 4.78 is 0. The topological polar surface area (TPSA) is 541 Å². The molecule has 0 aromatic heterocycles. The summed E-state index contributed by atoms with van der Waals surface area (Å²) >= 11 is 0. The number of nitrogens with zero attached hydrogens (tertiary/aromatic N) is 1. The number of benzene rings is 2. The summed E-state index contributed by atoms with van der Waals surface area (Å²) in [6.45, 7) is 67.9. The Kier molecular flexibility index (Phi) is 744. The zero-order valence-electron chi connectivity index (χ0n) is 67.3. The number of aliphatic hydroxyl groups is 1. The fourth-order valence-electron chi connectivity index (χ4n) is 2.64. The summed E-state index contributed by atoms with van der Waals surface area (Å²) in [6, 6.07) is 20.9. The Balaban J connectivity index is -0.0000000177. The number of nitrogens with two attached hydrogens (primary N) is 8. The van der Waals surface area contributed by atoms with E-state index in [9.17, 15) is 4.79 Å². The van der Waals surface area contributed by atoms with E-state index in [0.29, 0.717) is 0 Å². The second-order valence-electron chi connectivity index (χ2n) is 14.5. The molecule has 94 heavy (non-hydrogen) atoms. The lowest BCUT2D eigenvalue weighted by Crippen LogP contribution is -2.33. The van der Waals surface area contributed by atoms with Gasteiger partial charge in [0.15, 0.2) is 0 Å². The molecule has 0 bridgehead atoms. The van der Waals surface area contributed by atoms with Gasteiger partial charge in [0.2, 0.25) is 5.91 Å². The van der Waals surface area contributed by atoms with Gasteiger partial charge in [0, 0.05) is 26.1 Å². The summed E-state index contributed by atoms with van der Waals surface area (Å²) in [5.41, 5.74) is 38.8. The van der Waals surface area contributed by atoms with Crippen molar-refractivity contribution in [3.63, 3.8) is 0 Å². The Morgan fingerprint density at radius 2 is 0.457 bits per heavy atom. The van der Waals surface area contributed by atoms with E-state index in [2.05, 4.69) is 191 Å². The first-order chi connectivity index (χ1) is 44.0. The molecule has 25 heteroatoms. The van der Waals surface area contributed by atoms with E-state index in [4.69, 9.17) is 57.8 Å². The van der Waals surface area contributed by atoms with E-state index >= 15 is 0 Å². The number of carbonyl (C=O) groups excluding carboxylic acids is 12. The molecule has 0 spiro atoms. The Hall–Kier alpha value is -6.20. The summed E-state index contributed by atoms with van der Waals surface area (Å²) in [5, 5.41) is 8.06. The third-order valence-corrected chi connectivity index (χ3v) is 7.57. The van der Waals surface area contributed by atoms with Crippen LogP contribution in [0.1, 0.15) is 201 Å². The van der Waals surface area contributed by atoms with Gasteiger partial charge < -0.3 is 127 Å². The first kappa shape index (κ1) is 191. The van der Waals surface area contributed by atoms with E-state index in [1.54, 1.807) is 20.8 Å². The van der Waals surface area contributed by atoms with Gasteiger partial charge in [-0.25, -0.2) is 0 Å². The smallest absolute Gasteiger partial charge is 0.219 e. The number of hydrogen-bond donors (Lipinski definition) is 12. The normalized spacial score (nSPS) is 6.99. The molecule has 0 atom stereocenters. The van der Waals surface area contributed by atoms with Crippen LogP contribution in [0.2, 0.25) is 0 Å². The quantitative estimate of drug-likeness (QED) is 0.128. The summed E-state index contributed by atoms with van der Waals surface area (Å²) in [7, 11) is 12.0. The maximum Gasteiger partial charge on any atom is 0.219 e. The summed E-state index contributed by atoms with van der Waals surface area (Å²) in [6.07, 6.45) is 11.0. The summed E-state index contributed by atoms with van der Waals surface area (Å²) in [5.74, 6) is 3.77. The average molecular weight is 1380 g/mol. The molecule has 1 aliphatic rings. The fraction of sp³-hybridized carbons (Fsp3) is 0.652.